The van der Waals surface area contributed by atoms with Crippen LogP contribution in [0, 0.1) is 0 Å². The Kier molecular flexibility index (Phi) is 6.98. The summed E-state index contributed by atoms with van der Waals surface area (Å²) >= 11 is 5.81. The number of nitrogens with two attached hydrogens (primary N) is 1. The highest BCUT2D eigenvalue weighted by Crippen LogP contribution is 2.15. The molecule has 0 bridgehead atoms. The number of rotatable bonds is 8. The van der Waals surface area contributed by atoms with Gasteiger partial charge in [-0.15, -0.1) is 0 Å². The van der Waals surface area contributed by atoms with E-state index < -0.39 is 10.0 Å². The van der Waals surface area contributed by atoms with Crippen molar-refractivity contribution in [2.75, 3.05) is 32.1 Å². The quantitative estimate of drug-likeness (QED) is 0.708. The van der Waals surface area contributed by atoms with Crippen LogP contribution in [-0.2, 0) is 14.8 Å². The Morgan fingerprint density at radius 3 is 2.35 bits per heavy atom. The lowest BCUT2D eigenvalue weighted by atomic mass is 10.3. The third-order valence-electron chi connectivity index (χ3n) is 3.44. The van der Waals surface area contributed by atoms with E-state index in [0.29, 0.717) is 29.6 Å². The van der Waals surface area contributed by atoms with Crippen LogP contribution in [0.2, 0.25) is 5.02 Å². The Hall–Kier alpha value is -2.13. The lowest BCUT2D eigenvalue weighted by Crippen LogP contribution is -2.33. The van der Waals surface area contributed by atoms with Gasteiger partial charge < -0.3 is 10.1 Å². The van der Waals surface area contributed by atoms with Crippen LogP contribution in [0.25, 0.3) is 0 Å². The van der Waals surface area contributed by atoms with Gasteiger partial charge in [0.15, 0.2) is 0 Å². The SMILES string of the molecule is CN(CCOc1ccc(Cl)cc1)CC(=O)Nc1ccc(S(N)(=O)=O)cc1. The van der Waals surface area contributed by atoms with E-state index in [1.54, 1.807) is 31.3 Å². The molecule has 1 amide bonds. The number of hydrogen-bond acceptors (Lipinski definition) is 5. The van der Waals surface area contributed by atoms with Crippen molar-refractivity contribution in [1.82, 2.24) is 4.90 Å². The van der Waals surface area contributed by atoms with Crippen LogP contribution < -0.4 is 15.2 Å². The predicted octanol–water partition coefficient (Wildman–Crippen LogP) is 1.94. The van der Waals surface area contributed by atoms with E-state index in [2.05, 4.69) is 5.32 Å². The molecule has 0 aliphatic heterocycles. The minimum absolute atomic E-state index is 0.00744. The number of anilines is 1. The van der Waals surface area contributed by atoms with E-state index in [1.165, 1.54) is 24.3 Å². The summed E-state index contributed by atoms with van der Waals surface area (Å²) in [6, 6.07) is 12.7. The summed E-state index contributed by atoms with van der Waals surface area (Å²) in [5, 5.41) is 8.37. The first-order valence-corrected chi connectivity index (χ1v) is 9.66. The highest BCUT2D eigenvalue weighted by molar-refractivity contribution is 7.89. The summed E-state index contributed by atoms with van der Waals surface area (Å²) in [7, 11) is -1.94. The minimum Gasteiger partial charge on any atom is -0.492 e. The Balaban J connectivity index is 1.75. The Morgan fingerprint density at radius 1 is 1.15 bits per heavy atom. The highest BCUT2D eigenvalue weighted by atomic mass is 35.5. The number of carbonyl (C=O) groups excluding carboxylic acids is 1. The largest absolute Gasteiger partial charge is 0.492 e. The molecule has 0 unspecified atom stereocenters. The Morgan fingerprint density at radius 2 is 1.77 bits per heavy atom. The van der Waals surface area contributed by atoms with E-state index in [4.69, 9.17) is 21.5 Å². The van der Waals surface area contributed by atoms with Gasteiger partial charge in [-0.2, -0.15) is 0 Å². The number of likely N-dealkylation sites (N-methyl/N-ethyl adjacent to an activating group) is 1. The van der Waals surface area contributed by atoms with Gasteiger partial charge in [0, 0.05) is 17.3 Å². The zero-order valence-corrected chi connectivity index (χ0v) is 15.8. The molecule has 3 N–H and O–H groups in total. The molecule has 0 fully saturated rings. The van der Waals surface area contributed by atoms with Crippen LogP contribution in [0.4, 0.5) is 5.69 Å². The molecular formula is C17H20ClN3O4S. The number of nitrogens with zero attached hydrogens (tertiary/aromatic N) is 1. The topological polar surface area (TPSA) is 102 Å². The molecule has 0 heterocycles. The summed E-state index contributed by atoms with van der Waals surface area (Å²) in [5.41, 5.74) is 0.494. The van der Waals surface area contributed by atoms with Crippen LogP contribution in [0.5, 0.6) is 5.75 Å². The molecule has 0 atom stereocenters. The highest BCUT2D eigenvalue weighted by Gasteiger charge is 2.10. The summed E-state index contributed by atoms with van der Waals surface area (Å²) in [6.07, 6.45) is 0. The molecule has 2 aromatic carbocycles. The molecular weight excluding hydrogens is 378 g/mol. The van der Waals surface area contributed by atoms with E-state index in [1.807, 2.05) is 4.90 Å². The van der Waals surface area contributed by atoms with Gasteiger partial charge in [0.05, 0.1) is 11.4 Å². The third-order valence-corrected chi connectivity index (χ3v) is 4.62. The molecule has 0 aromatic heterocycles. The maximum atomic E-state index is 12.0. The molecule has 0 saturated carbocycles. The standard InChI is InChI=1S/C17H20ClN3O4S/c1-21(10-11-25-15-6-2-13(18)3-7-15)12-17(22)20-14-4-8-16(9-5-14)26(19,23)24/h2-9H,10-12H2,1H3,(H,20,22)(H2,19,23,24). The molecule has 9 heteroatoms. The van der Waals surface area contributed by atoms with E-state index in [0.717, 1.165) is 0 Å². The van der Waals surface area contributed by atoms with Crippen molar-refractivity contribution in [1.29, 1.82) is 0 Å². The van der Waals surface area contributed by atoms with Gasteiger partial charge in [-0.25, -0.2) is 13.6 Å². The third kappa shape index (κ3) is 6.64. The van der Waals surface area contributed by atoms with Crippen molar-refractivity contribution in [3.63, 3.8) is 0 Å². The molecule has 0 spiro atoms. The van der Waals surface area contributed by atoms with Crippen LogP contribution in [0.15, 0.2) is 53.4 Å². The number of nitrogens with one attached hydrogen (secondary N) is 1. The van der Waals surface area contributed by atoms with E-state index >= 15 is 0 Å². The van der Waals surface area contributed by atoms with Crippen molar-refractivity contribution in [2.45, 2.75) is 4.90 Å². The molecule has 7 nitrogen and oxygen atoms in total. The fourth-order valence-corrected chi connectivity index (χ4v) is 2.74. The number of carbonyl (C=O) groups is 1. The normalized spacial score (nSPS) is 11.4. The van der Waals surface area contributed by atoms with Crippen LogP contribution in [0.3, 0.4) is 0 Å². The summed E-state index contributed by atoms with van der Waals surface area (Å²) in [4.78, 5) is 13.8. The zero-order valence-electron chi connectivity index (χ0n) is 14.2. The maximum Gasteiger partial charge on any atom is 0.238 e. The molecule has 2 aromatic rings. The van der Waals surface area contributed by atoms with Crippen molar-refractivity contribution in [2.24, 2.45) is 5.14 Å². The van der Waals surface area contributed by atoms with Crippen molar-refractivity contribution < 1.29 is 17.9 Å². The first kappa shape index (κ1) is 20.2. The number of sulfonamides is 1. The average molecular weight is 398 g/mol. The molecule has 0 aliphatic rings. The average Bonchev–Trinajstić information content (AvgIpc) is 2.56. The monoisotopic (exact) mass is 397 g/mol. The predicted molar refractivity (Wildman–Crippen MR) is 101 cm³/mol. The zero-order chi connectivity index (χ0) is 19.2. The van der Waals surface area contributed by atoms with Gasteiger partial charge in [-0.05, 0) is 55.6 Å². The summed E-state index contributed by atoms with van der Waals surface area (Å²) in [6.45, 7) is 1.15. The second-order valence-corrected chi connectivity index (χ2v) is 7.66. The number of hydrogen-bond donors (Lipinski definition) is 2. The fraction of sp³-hybridized carbons (Fsp3) is 0.235. The lowest BCUT2D eigenvalue weighted by molar-refractivity contribution is -0.117. The van der Waals surface area contributed by atoms with Gasteiger partial charge >= 0.3 is 0 Å². The maximum absolute atomic E-state index is 12.0. The van der Waals surface area contributed by atoms with Crippen molar-refractivity contribution in [3.8, 4) is 5.75 Å². The van der Waals surface area contributed by atoms with Crippen molar-refractivity contribution >= 4 is 33.2 Å². The number of benzene rings is 2. The molecule has 26 heavy (non-hydrogen) atoms. The minimum atomic E-state index is -3.74. The van der Waals surface area contributed by atoms with Gasteiger partial charge in [0.1, 0.15) is 12.4 Å². The number of primary sulfonamides is 1. The van der Waals surface area contributed by atoms with Gasteiger partial charge in [-0.3, -0.25) is 9.69 Å². The first-order chi connectivity index (χ1) is 12.2. The van der Waals surface area contributed by atoms with Crippen LogP contribution in [0.1, 0.15) is 0 Å². The summed E-state index contributed by atoms with van der Waals surface area (Å²) in [5.74, 6) is 0.490. The molecule has 2 rings (SSSR count). The summed E-state index contributed by atoms with van der Waals surface area (Å²) < 4.78 is 28.0. The molecule has 0 radical (unpaired) electrons. The molecule has 0 aliphatic carbocycles. The molecule has 0 saturated heterocycles. The van der Waals surface area contributed by atoms with Crippen molar-refractivity contribution in [3.05, 3.63) is 53.6 Å². The number of halogens is 1. The van der Waals surface area contributed by atoms with E-state index in [-0.39, 0.29) is 17.3 Å². The van der Waals surface area contributed by atoms with Crippen LogP contribution in [-0.4, -0.2) is 46.0 Å². The first-order valence-electron chi connectivity index (χ1n) is 7.74. The fourth-order valence-electron chi connectivity index (χ4n) is 2.10. The van der Waals surface area contributed by atoms with Crippen LogP contribution >= 0.6 is 11.6 Å². The van der Waals surface area contributed by atoms with E-state index in [9.17, 15) is 13.2 Å². The number of ether oxygens (including phenoxy) is 1. The van der Waals surface area contributed by atoms with Gasteiger partial charge in [0.2, 0.25) is 15.9 Å². The second-order valence-electron chi connectivity index (χ2n) is 5.66. The van der Waals surface area contributed by atoms with Gasteiger partial charge in [-0.1, -0.05) is 11.6 Å². The smallest absolute Gasteiger partial charge is 0.238 e. The number of amides is 1. The molecule has 140 valence electrons. The second kappa shape index (κ2) is 9.00. The Labute approximate surface area is 157 Å². The Bertz CT molecular complexity index is 839. The van der Waals surface area contributed by atoms with Gasteiger partial charge in [0.25, 0.3) is 0 Å². The lowest BCUT2D eigenvalue weighted by Gasteiger charge is -2.16.